The summed E-state index contributed by atoms with van der Waals surface area (Å²) >= 11 is 6.18. The summed E-state index contributed by atoms with van der Waals surface area (Å²) in [6.45, 7) is 0. The molecule has 1 aromatic rings. The normalized spacial score (nSPS) is 8.90. The molecule has 1 aromatic heterocycles. The van der Waals surface area contributed by atoms with Crippen molar-refractivity contribution >= 4 is 33.8 Å². The molecule has 0 saturated carbocycles. The molecule has 1 rings (SSSR count). The number of nitrogens with one attached hydrogen (secondary N) is 2. The second-order valence-corrected chi connectivity index (χ2v) is 2.74. The van der Waals surface area contributed by atoms with Crippen molar-refractivity contribution in [3.8, 4) is 0 Å². The number of thiocarbonyl (C=S) groups is 1. The number of anilines is 1. The van der Waals surface area contributed by atoms with Gasteiger partial charge in [-0.05, 0) is 12.2 Å². The first kappa shape index (κ1) is 7.39. The van der Waals surface area contributed by atoms with Crippen LogP contribution in [0.2, 0.25) is 0 Å². The lowest BCUT2D eigenvalue weighted by Crippen LogP contribution is -2.33. The van der Waals surface area contributed by atoms with E-state index in [0.717, 1.165) is 5.13 Å². The number of thiazole rings is 1. The van der Waals surface area contributed by atoms with Gasteiger partial charge in [-0.25, -0.2) is 10.8 Å². The molecular weight excluding hydrogens is 168 g/mol. The summed E-state index contributed by atoms with van der Waals surface area (Å²) in [6.07, 6.45) is 1.69. The van der Waals surface area contributed by atoms with Crippen molar-refractivity contribution in [1.29, 1.82) is 0 Å². The van der Waals surface area contributed by atoms with Crippen molar-refractivity contribution in [2.45, 2.75) is 0 Å². The van der Waals surface area contributed by atoms with Crippen LogP contribution in [0.3, 0.4) is 0 Å². The highest BCUT2D eigenvalue weighted by molar-refractivity contribution is 7.80. The van der Waals surface area contributed by atoms with Gasteiger partial charge in [0.2, 0.25) is 0 Å². The summed E-state index contributed by atoms with van der Waals surface area (Å²) in [6, 6.07) is 0. The molecule has 6 heteroatoms. The maximum Gasteiger partial charge on any atom is 0.188 e. The van der Waals surface area contributed by atoms with Gasteiger partial charge >= 0.3 is 0 Å². The zero-order valence-corrected chi connectivity index (χ0v) is 6.63. The fourth-order valence-corrected chi connectivity index (χ4v) is 1.11. The lowest BCUT2D eigenvalue weighted by atomic mass is 10.9. The Balaban J connectivity index is 2.48. The predicted molar refractivity (Wildman–Crippen MR) is 45.7 cm³/mol. The van der Waals surface area contributed by atoms with Crippen LogP contribution < -0.4 is 16.6 Å². The summed E-state index contributed by atoms with van der Waals surface area (Å²) in [5.41, 5.74) is 2.29. The molecule has 0 aliphatic carbocycles. The van der Waals surface area contributed by atoms with Gasteiger partial charge in [-0.15, -0.1) is 11.3 Å². The smallest absolute Gasteiger partial charge is 0.188 e. The second kappa shape index (κ2) is 3.45. The molecule has 10 heavy (non-hydrogen) atoms. The molecule has 4 nitrogen and oxygen atoms in total. The van der Waals surface area contributed by atoms with Crippen LogP contribution in [-0.4, -0.2) is 10.1 Å². The third-order valence-corrected chi connectivity index (χ3v) is 1.69. The van der Waals surface area contributed by atoms with E-state index in [2.05, 4.69) is 15.7 Å². The molecule has 0 saturated heterocycles. The van der Waals surface area contributed by atoms with Crippen molar-refractivity contribution in [2.75, 3.05) is 5.32 Å². The van der Waals surface area contributed by atoms with Gasteiger partial charge in [-0.1, -0.05) is 0 Å². The van der Waals surface area contributed by atoms with Gasteiger partial charge < -0.3 is 10.7 Å². The van der Waals surface area contributed by atoms with Gasteiger partial charge in [0.05, 0.1) is 0 Å². The van der Waals surface area contributed by atoms with E-state index < -0.39 is 0 Å². The fraction of sp³-hybridized carbons (Fsp3) is 0. The van der Waals surface area contributed by atoms with Gasteiger partial charge in [-0.3, -0.25) is 0 Å². The Morgan fingerprint density at radius 2 is 2.60 bits per heavy atom. The lowest BCUT2D eigenvalue weighted by Gasteiger charge is -2.00. The van der Waals surface area contributed by atoms with E-state index in [1.54, 1.807) is 6.20 Å². The van der Waals surface area contributed by atoms with Crippen molar-refractivity contribution in [2.24, 2.45) is 5.84 Å². The summed E-state index contributed by atoms with van der Waals surface area (Å²) in [5, 5.41) is 5.73. The van der Waals surface area contributed by atoms with Crippen LogP contribution in [0.15, 0.2) is 11.6 Å². The van der Waals surface area contributed by atoms with Crippen LogP contribution in [0.25, 0.3) is 0 Å². The lowest BCUT2D eigenvalue weighted by molar-refractivity contribution is 1.04. The van der Waals surface area contributed by atoms with E-state index in [1.165, 1.54) is 11.3 Å². The number of rotatable bonds is 1. The summed E-state index contributed by atoms with van der Waals surface area (Å²) in [5.74, 6) is 5.01. The quantitative estimate of drug-likeness (QED) is 0.325. The number of aromatic nitrogens is 1. The molecule has 54 valence electrons. The Kier molecular flexibility index (Phi) is 2.55. The maximum absolute atomic E-state index is 5.01. The Labute approximate surface area is 67.4 Å². The highest BCUT2D eigenvalue weighted by Crippen LogP contribution is 2.09. The number of nitrogens with zero attached hydrogens (tertiary/aromatic N) is 1. The molecule has 0 atom stereocenters. The standard InChI is InChI=1S/C4H6N4S2/c5-8-3(9)7-4-6-1-2-10-4/h1-2H,5H2,(H2,6,7,8,9). The molecular formula is C4H6N4S2. The van der Waals surface area contributed by atoms with E-state index in [4.69, 9.17) is 18.1 Å². The van der Waals surface area contributed by atoms with Crippen LogP contribution in [0.5, 0.6) is 0 Å². The zero-order chi connectivity index (χ0) is 7.40. The molecule has 4 N–H and O–H groups in total. The highest BCUT2D eigenvalue weighted by Gasteiger charge is 1.94. The average molecular weight is 174 g/mol. The predicted octanol–water partition coefficient (Wildman–Crippen LogP) is 0.303. The van der Waals surface area contributed by atoms with E-state index >= 15 is 0 Å². The van der Waals surface area contributed by atoms with Crippen molar-refractivity contribution in [3.63, 3.8) is 0 Å². The van der Waals surface area contributed by atoms with Crippen LogP contribution in [-0.2, 0) is 0 Å². The average Bonchev–Trinajstić information content (AvgIpc) is 2.40. The largest absolute Gasteiger partial charge is 0.308 e. The minimum absolute atomic E-state index is 0.370. The fourth-order valence-electron chi connectivity index (χ4n) is 0.418. The third kappa shape index (κ3) is 1.90. The molecule has 0 bridgehead atoms. The van der Waals surface area contributed by atoms with Gasteiger partial charge in [0.15, 0.2) is 10.2 Å². The molecule has 0 aromatic carbocycles. The Bertz CT molecular complexity index is 207. The van der Waals surface area contributed by atoms with E-state index in [-0.39, 0.29) is 0 Å². The molecule has 0 radical (unpaired) electrons. The van der Waals surface area contributed by atoms with Crippen LogP contribution in [0.1, 0.15) is 0 Å². The molecule has 0 unspecified atom stereocenters. The van der Waals surface area contributed by atoms with Gasteiger partial charge in [0, 0.05) is 11.6 Å². The second-order valence-electron chi connectivity index (χ2n) is 1.44. The first-order valence-electron chi connectivity index (χ1n) is 2.50. The third-order valence-electron chi connectivity index (χ3n) is 0.784. The Hall–Kier alpha value is -0.720. The molecule has 0 aliphatic rings. The number of nitrogens with two attached hydrogens (primary N) is 1. The van der Waals surface area contributed by atoms with Gasteiger partial charge in [0.25, 0.3) is 0 Å². The summed E-state index contributed by atoms with van der Waals surface area (Å²) in [4.78, 5) is 3.93. The van der Waals surface area contributed by atoms with Crippen LogP contribution >= 0.6 is 23.6 Å². The van der Waals surface area contributed by atoms with E-state index in [1.807, 2.05) is 5.38 Å². The molecule has 1 heterocycles. The molecule has 0 fully saturated rings. The zero-order valence-electron chi connectivity index (χ0n) is 5.00. The Morgan fingerprint density at radius 1 is 1.80 bits per heavy atom. The minimum Gasteiger partial charge on any atom is -0.308 e. The van der Waals surface area contributed by atoms with Crippen LogP contribution in [0, 0.1) is 0 Å². The minimum atomic E-state index is 0.370. The molecule has 0 amide bonds. The number of hydrogen-bond donors (Lipinski definition) is 3. The maximum atomic E-state index is 5.01. The summed E-state index contributed by atoms with van der Waals surface area (Å²) in [7, 11) is 0. The van der Waals surface area contributed by atoms with Crippen molar-refractivity contribution in [3.05, 3.63) is 11.6 Å². The number of hydrazine groups is 1. The summed E-state index contributed by atoms with van der Waals surface area (Å²) < 4.78 is 0. The molecule has 0 spiro atoms. The monoisotopic (exact) mass is 174 g/mol. The highest BCUT2D eigenvalue weighted by atomic mass is 32.1. The first-order valence-corrected chi connectivity index (χ1v) is 3.79. The van der Waals surface area contributed by atoms with Crippen molar-refractivity contribution < 1.29 is 0 Å². The number of hydrogen-bond acceptors (Lipinski definition) is 4. The van der Waals surface area contributed by atoms with E-state index in [0.29, 0.717) is 5.11 Å². The topological polar surface area (TPSA) is 63.0 Å². The van der Waals surface area contributed by atoms with E-state index in [9.17, 15) is 0 Å². The van der Waals surface area contributed by atoms with Gasteiger partial charge in [0.1, 0.15) is 0 Å². The van der Waals surface area contributed by atoms with Crippen molar-refractivity contribution in [1.82, 2.24) is 10.4 Å². The first-order chi connectivity index (χ1) is 4.83. The Morgan fingerprint density at radius 3 is 3.10 bits per heavy atom. The van der Waals surface area contributed by atoms with Crippen LogP contribution in [0.4, 0.5) is 5.13 Å². The SMILES string of the molecule is NNC(=S)Nc1nccs1. The van der Waals surface area contributed by atoms with Gasteiger partial charge in [-0.2, -0.15) is 0 Å². The molecule has 0 aliphatic heterocycles.